The molecule has 0 bridgehead atoms. The largest absolute Gasteiger partial charge is 0.384 e. The van der Waals surface area contributed by atoms with Crippen molar-refractivity contribution in [3.63, 3.8) is 0 Å². The molecule has 0 aromatic heterocycles. The van der Waals surface area contributed by atoms with Crippen LogP contribution in [0.5, 0.6) is 0 Å². The number of hydroxylamine groups is 2. The van der Waals surface area contributed by atoms with Crippen LogP contribution in [0.25, 0.3) is 0 Å². The van der Waals surface area contributed by atoms with E-state index < -0.39 is 5.79 Å². The van der Waals surface area contributed by atoms with Gasteiger partial charge in [-0.15, -0.1) is 0 Å². The van der Waals surface area contributed by atoms with Crippen molar-refractivity contribution >= 4 is 5.91 Å². The number of carbonyl (C=O) groups excluding carboxylic acids is 1. The maximum atomic E-state index is 13.4. The number of fused-ring (bicyclic) bond motifs is 1. The predicted octanol–water partition coefficient (Wildman–Crippen LogP) is 2.36. The van der Waals surface area contributed by atoms with Crippen LogP contribution >= 0.6 is 0 Å². The highest BCUT2D eigenvalue weighted by Crippen LogP contribution is 2.48. The van der Waals surface area contributed by atoms with Crippen LogP contribution in [0.2, 0.25) is 0 Å². The topological polar surface area (TPSA) is 51.2 Å². The van der Waals surface area contributed by atoms with E-state index in [1.54, 1.807) is 12.0 Å². The summed E-state index contributed by atoms with van der Waals surface area (Å²) in [6.07, 6.45) is 2.99. The summed E-state index contributed by atoms with van der Waals surface area (Å²) in [5, 5.41) is 1.97. The van der Waals surface area contributed by atoms with E-state index in [0.29, 0.717) is 6.61 Å². The maximum Gasteiger partial charge on any atom is 0.285 e. The third-order valence-electron chi connectivity index (χ3n) is 6.15. The molecule has 0 radical (unpaired) electrons. The lowest BCUT2D eigenvalue weighted by molar-refractivity contribution is -0.335. The van der Waals surface area contributed by atoms with E-state index in [9.17, 15) is 4.79 Å². The molecular weight excluding hydrogens is 332 g/mol. The summed E-state index contributed by atoms with van der Waals surface area (Å²) in [7, 11) is 3.52. The smallest absolute Gasteiger partial charge is 0.285 e. The summed E-state index contributed by atoms with van der Waals surface area (Å²) in [6.45, 7) is 3.30. The van der Waals surface area contributed by atoms with E-state index >= 15 is 0 Å². The summed E-state index contributed by atoms with van der Waals surface area (Å²) in [4.78, 5) is 21.4. The van der Waals surface area contributed by atoms with Gasteiger partial charge in [0, 0.05) is 26.7 Å². The third kappa shape index (κ3) is 2.67. The first-order valence-corrected chi connectivity index (χ1v) is 9.53. The van der Waals surface area contributed by atoms with Crippen LogP contribution in [-0.4, -0.2) is 61.1 Å². The summed E-state index contributed by atoms with van der Waals surface area (Å²) in [5.41, 5.74) is 1.06. The SMILES string of the molecule is COC[C@@H]1[C@H]2CCCCN2O[C@@]12O[C@H](c1ccccc1)[C@H](C)N(C)C2=O. The molecule has 6 nitrogen and oxygen atoms in total. The first kappa shape index (κ1) is 17.9. The number of hydrogen-bond acceptors (Lipinski definition) is 5. The van der Waals surface area contributed by atoms with E-state index in [-0.39, 0.29) is 30.0 Å². The number of amides is 1. The molecule has 0 N–H and O–H groups in total. The molecule has 0 aliphatic carbocycles. The second-order valence-electron chi connectivity index (χ2n) is 7.63. The van der Waals surface area contributed by atoms with Gasteiger partial charge in [0.25, 0.3) is 11.7 Å². The molecule has 1 aromatic rings. The number of methoxy groups -OCH3 is 1. The molecule has 142 valence electrons. The number of nitrogens with zero attached hydrogens (tertiary/aromatic N) is 2. The van der Waals surface area contributed by atoms with Crippen molar-refractivity contribution < 1.29 is 19.1 Å². The van der Waals surface area contributed by atoms with Crippen molar-refractivity contribution in [2.45, 2.75) is 50.2 Å². The fourth-order valence-corrected chi connectivity index (χ4v) is 4.61. The van der Waals surface area contributed by atoms with E-state index in [1.165, 1.54) is 0 Å². The van der Waals surface area contributed by atoms with Crippen LogP contribution in [-0.2, 0) is 19.1 Å². The minimum atomic E-state index is -1.30. The zero-order valence-corrected chi connectivity index (χ0v) is 15.8. The van der Waals surface area contributed by atoms with Crippen LogP contribution < -0.4 is 0 Å². The van der Waals surface area contributed by atoms with E-state index in [1.807, 2.05) is 49.4 Å². The van der Waals surface area contributed by atoms with Gasteiger partial charge in [-0.25, -0.2) is 0 Å². The average molecular weight is 360 g/mol. The zero-order valence-electron chi connectivity index (χ0n) is 15.8. The number of benzene rings is 1. The summed E-state index contributed by atoms with van der Waals surface area (Å²) in [6, 6.07) is 10.2. The van der Waals surface area contributed by atoms with Gasteiger partial charge in [0.1, 0.15) is 6.10 Å². The number of ether oxygens (including phenoxy) is 2. The lowest BCUT2D eigenvalue weighted by atomic mass is 9.84. The van der Waals surface area contributed by atoms with Crippen molar-refractivity contribution in [3.8, 4) is 0 Å². The molecule has 1 aromatic carbocycles. The lowest BCUT2D eigenvalue weighted by Gasteiger charge is -2.47. The van der Waals surface area contributed by atoms with E-state index in [0.717, 1.165) is 31.4 Å². The van der Waals surface area contributed by atoms with Gasteiger partial charge in [0.15, 0.2) is 0 Å². The van der Waals surface area contributed by atoms with Crippen LogP contribution in [0.4, 0.5) is 0 Å². The van der Waals surface area contributed by atoms with Crippen molar-refractivity contribution in [1.82, 2.24) is 9.96 Å². The number of piperidine rings is 1. The average Bonchev–Trinajstić information content (AvgIpc) is 2.99. The van der Waals surface area contributed by atoms with Crippen LogP contribution in [0.15, 0.2) is 30.3 Å². The quantitative estimate of drug-likeness (QED) is 0.828. The number of rotatable bonds is 3. The Bertz CT molecular complexity index is 654. The molecule has 0 unspecified atom stereocenters. The fourth-order valence-electron chi connectivity index (χ4n) is 4.61. The Hall–Kier alpha value is -1.47. The van der Waals surface area contributed by atoms with Gasteiger partial charge in [-0.3, -0.25) is 9.63 Å². The summed E-state index contributed by atoms with van der Waals surface area (Å²) < 4.78 is 12.0. The fraction of sp³-hybridized carbons (Fsp3) is 0.650. The van der Waals surface area contributed by atoms with Crippen molar-refractivity contribution in [1.29, 1.82) is 0 Å². The Kier molecular flexibility index (Phi) is 4.77. The number of hydrogen-bond donors (Lipinski definition) is 0. The van der Waals surface area contributed by atoms with Gasteiger partial charge >= 0.3 is 0 Å². The van der Waals surface area contributed by atoms with Crippen LogP contribution in [0.1, 0.15) is 37.9 Å². The molecule has 6 heteroatoms. The lowest BCUT2D eigenvalue weighted by Crippen LogP contribution is -2.63. The number of carbonyl (C=O) groups is 1. The highest BCUT2D eigenvalue weighted by molar-refractivity contribution is 5.85. The van der Waals surface area contributed by atoms with E-state index in [2.05, 4.69) is 0 Å². The molecular formula is C20H28N2O4. The van der Waals surface area contributed by atoms with Crippen LogP contribution in [0.3, 0.4) is 0 Å². The molecule has 1 amide bonds. The second kappa shape index (κ2) is 6.93. The van der Waals surface area contributed by atoms with Crippen molar-refractivity contribution in [2.75, 3.05) is 27.3 Å². The first-order chi connectivity index (χ1) is 12.6. The Morgan fingerprint density at radius 1 is 1.27 bits per heavy atom. The molecule has 26 heavy (non-hydrogen) atoms. The van der Waals surface area contributed by atoms with Gasteiger partial charge in [-0.2, -0.15) is 5.06 Å². The normalized spacial score (nSPS) is 38.0. The Morgan fingerprint density at radius 3 is 2.77 bits per heavy atom. The third-order valence-corrected chi connectivity index (χ3v) is 6.15. The molecule has 3 fully saturated rings. The standard InChI is InChI=1S/C20H28N2O4/c1-14-18(15-9-5-4-6-10-15)25-20(19(23)21(14)2)16(13-24-3)17-11-7-8-12-22(17)26-20/h4-6,9-10,14,16-18H,7-8,11-13H2,1-3H3/t14-,16+,17+,18-,20-/m0/s1. The highest BCUT2D eigenvalue weighted by atomic mass is 16.8. The van der Waals surface area contributed by atoms with Crippen molar-refractivity contribution in [2.24, 2.45) is 5.92 Å². The molecule has 3 heterocycles. The first-order valence-electron chi connectivity index (χ1n) is 9.53. The van der Waals surface area contributed by atoms with E-state index in [4.69, 9.17) is 14.3 Å². The Labute approximate surface area is 154 Å². The Balaban J connectivity index is 1.73. The van der Waals surface area contributed by atoms with Gasteiger partial charge in [0.2, 0.25) is 0 Å². The predicted molar refractivity (Wildman–Crippen MR) is 96.0 cm³/mol. The van der Waals surface area contributed by atoms with Gasteiger partial charge in [-0.1, -0.05) is 36.8 Å². The number of likely N-dealkylation sites (N-methyl/N-ethyl adjacent to an activating group) is 1. The van der Waals surface area contributed by atoms with Crippen LogP contribution in [0, 0.1) is 5.92 Å². The summed E-state index contributed by atoms with van der Waals surface area (Å²) >= 11 is 0. The van der Waals surface area contributed by atoms with Gasteiger partial charge in [-0.05, 0) is 25.3 Å². The van der Waals surface area contributed by atoms with Gasteiger partial charge in [0.05, 0.1) is 18.6 Å². The minimum Gasteiger partial charge on any atom is -0.384 e. The molecule has 3 aliphatic heterocycles. The Morgan fingerprint density at radius 2 is 2.04 bits per heavy atom. The molecule has 3 saturated heterocycles. The number of morpholine rings is 1. The second-order valence-corrected chi connectivity index (χ2v) is 7.63. The molecule has 5 atom stereocenters. The highest BCUT2D eigenvalue weighted by Gasteiger charge is 2.65. The van der Waals surface area contributed by atoms with Gasteiger partial charge < -0.3 is 14.4 Å². The summed E-state index contributed by atoms with van der Waals surface area (Å²) in [5.74, 6) is -1.54. The molecule has 1 spiro atoms. The zero-order chi connectivity index (χ0) is 18.3. The maximum absolute atomic E-state index is 13.4. The minimum absolute atomic E-state index is 0.0695. The molecule has 4 rings (SSSR count). The van der Waals surface area contributed by atoms with Crippen molar-refractivity contribution in [3.05, 3.63) is 35.9 Å². The molecule has 0 saturated carbocycles. The monoisotopic (exact) mass is 360 g/mol. The molecule has 3 aliphatic rings.